The lowest BCUT2D eigenvalue weighted by molar-refractivity contribution is -0.123. The van der Waals surface area contributed by atoms with Crippen LogP contribution in [0.3, 0.4) is 0 Å². The fraction of sp³-hybridized carbons (Fsp3) is 0.0800. The summed E-state index contributed by atoms with van der Waals surface area (Å²) in [5, 5.41) is -0.328. The third-order valence-electron chi connectivity index (χ3n) is 4.88. The van der Waals surface area contributed by atoms with E-state index >= 15 is 0 Å². The smallest absolute Gasteiger partial charge is 0.343 e. The number of hydrogen-bond donors (Lipinski definition) is 0. The molecular formula is C25H17Br2NO5S. The highest BCUT2D eigenvalue weighted by Crippen LogP contribution is 2.35. The first-order valence-corrected chi connectivity index (χ1v) is 12.4. The molecule has 6 nitrogen and oxygen atoms in total. The Morgan fingerprint density at radius 3 is 2.44 bits per heavy atom. The van der Waals surface area contributed by atoms with Crippen molar-refractivity contribution in [3.63, 3.8) is 0 Å². The minimum Gasteiger partial charge on any atom is -0.493 e. The van der Waals surface area contributed by atoms with Crippen LogP contribution in [-0.4, -0.2) is 29.1 Å². The van der Waals surface area contributed by atoms with Gasteiger partial charge >= 0.3 is 5.97 Å². The number of amides is 2. The Morgan fingerprint density at radius 2 is 1.74 bits per heavy atom. The van der Waals surface area contributed by atoms with E-state index in [1.807, 2.05) is 30.3 Å². The van der Waals surface area contributed by atoms with Crippen molar-refractivity contribution in [2.45, 2.75) is 6.54 Å². The number of carbonyl (C=O) groups is 3. The number of rotatable bonds is 6. The van der Waals surface area contributed by atoms with Crippen molar-refractivity contribution in [1.29, 1.82) is 0 Å². The first-order valence-electron chi connectivity index (χ1n) is 9.99. The lowest BCUT2D eigenvalue weighted by Gasteiger charge is -2.12. The average Bonchev–Trinajstić information content (AvgIpc) is 3.08. The molecule has 3 aromatic carbocycles. The summed E-state index contributed by atoms with van der Waals surface area (Å²) in [6.07, 6.45) is 1.62. The van der Waals surface area contributed by atoms with Crippen LogP contribution in [0.2, 0.25) is 0 Å². The van der Waals surface area contributed by atoms with Crippen LogP contribution >= 0.6 is 43.6 Å². The number of methoxy groups -OCH3 is 1. The first kappa shape index (κ1) is 24.3. The highest BCUT2D eigenvalue weighted by Gasteiger charge is 2.35. The quantitative estimate of drug-likeness (QED) is 0.178. The van der Waals surface area contributed by atoms with E-state index in [1.165, 1.54) is 12.0 Å². The largest absolute Gasteiger partial charge is 0.493 e. The normalized spacial score (nSPS) is 14.6. The molecule has 0 unspecified atom stereocenters. The van der Waals surface area contributed by atoms with Crippen LogP contribution in [0.1, 0.15) is 21.5 Å². The molecule has 0 spiro atoms. The molecule has 0 bridgehead atoms. The zero-order chi connectivity index (χ0) is 24.2. The van der Waals surface area contributed by atoms with Crippen LogP contribution in [0.15, 0.2) is 80.6 Å². The summed E-state index contributed by atoms with van der Waals surface area (Å²) < 4.78 is 12.6. The molecule has 1 saturated heterocycles. The Morgan fingerprint density at radius 1 is 0.971 bits per heavy atom. The number of benzene rings is 3. The van der Waals surface area contributed by atoms with Crippen LogP contribution in [0.25, 0.3) is 6.08 Å². The monoisotopic (exact) mass is 601 g/mol. The SMILES string of the molecule is COc1cc(/C=C2\SC(=O)N(Cc3ccc(Br)cc3)C2=O)ccc1OC(=O)c1cccc(Br)c1. The maximum atomic E-state index is 12.8. The van der Waals surface area contributed by atoms with E-state index in [0.717, 1.165) is 26.3 Å². The van der Waals surface area contributed by atoms with Gasteiger partial charge in [-0.1, -0.05) is 56.1 Å². The zero-order valence-electron chi connectivity index (χ0n) is 17.8. The van der Waals surface area contributed by atoms with Gasteiger partial charge in [-0.3, -0.25) is 14.5 Å². The van der Waals surface area contributed by atoms with E-state index in [-0.39, 0.29) is 23.4 Å². The van der Waals surface area contributed by atoms with Gasteiger partial charge < -0.3 is 9.47 Å². The molecule has 1 heterocycles. The first-order chi connectivity index (χ1) is 16.3. The molecule has 9 heteroatoms. The maximum Gasteiger partial charge on any atom is 0.343 e. The minimum absolute atomic E-state index is 0.198. The summed E-state index contributed by atoms with van der Waals surface area (Å²) in [5.41, 5.74) is 1.87. The van der Waals surface area contributed by atoms with Gasteiger partial charge in [-0.2, -0.15) is 0 Å². The Hall–Kier alpha value is -2.88. The molecule has 0 aromatic heterocycles. The fourth-order valence-electron chi connectivity index (χ4n) is 3.19. The molecule has 1 fully saturated rings. The predicted molar refractivity (Wildman–Crippen MR) is 138 cm³/mol. The van der Waals surface area contributed by atoms with Crippen LogP contribution < -0.4 is 9.47 Å². The van der Waals surface area contributed by atoms with E-state index in [4.69, 9.17) is 9.47 Å². The number of hydrogen-bond acceptors (Lipinski definition) is 6. The predicted octanol–water partition coefficient (Wildman–Crippen LogP) is 6.68. The van der Waals surface area contributed by atoms with Crippen LogP contribution in [0, 0.1) is 0 Å². The molecule has 0 N–H and O–H groups in total. The van der Waals surface area contributed by atoms with Crippen molar-refractivity contribution in [2.24, 2.45) is 0 Å². The van der Waals surface area contributed by atoms with Crippen LogP contribution in [-0.2, 0) is 11.3 Å². The second kappa shape index (κ2) is 10.6. The molecule has 34 heavy (non-hydrogen) atoms. The van der Waals surface area contributed by atoms with Gasteiger partial charge in [-0.15, -0.1) is 0 Å². The van der Waals surface area contributed by atoms with E-state index < -0.39 is 5.97 Å². The van der Waals surface area contributed by atoms with E-state index in [1.54, 1.807) is 42.5 Å². The van der Waals surface area contributed by atoms with Crippen molar-refractivity contribution in [3.8, 4) is 11.5 Å². The highest BCUT2D eigenvalue weighted by atomic mass is 79.9. The molecule has 0 saturated carbocycles. The molecule has 1 aliphatic rings. The average molecular weight is 603 g/mol. The number of nitrogens with zero attached hydrogens (tertiary/aromatic N) is 1. The number of thioether (sulfide) groups is 1. The molecule has 0 aliphatic carbocycles. The van der Waals surface area contributed by atoms with E-state index in [2.05, 4.69) is 31.9 Å². The molecule has 0 radical (unpaired) electrons. The molecule has 0 atom stereocenters. The number of esters is 1. The summed E-state index contributed by atoms with van der Waals surface area (Å²) in [6, 6.07) is 19.2. The van der Waals surface area contributed by atoms with Crippen LogP contribution in [0.4, 0.5) is 4.79 Å². The third kappa shape index (κ3) is 5.60. The molecular weight excluding hydrogens is 586 g/mol. The molecule has 2 amide bonds. The number of halogens is 2. The Bertz CT molecular complexity index is 1310. The van der Waals surface area contributed by atoms with Crippen molar-refractivity contribution in [3.05, 3.63) is 97.3 Å². The third-order valence-corrected chi connectivity index (χ3v) is 6.81. The van der Waals surface area contributed by atoms with Gasteiger partial charge in [0.2, 0.25) is 0 Å². The lowest BCUT2D eigenvalue weighted by Crippen LogP contribution is -2.27. The zero-order valence-corrected chi connectivity index (χ0v) is 21.8. The second-order valence-corrected chi connectivity index (χ2v) is 10.0. The van der Waals surface area contributed by atoms with Gasteiger partial charge in [0.1, 0.15) is 0 Å². The fourth-order valence-corrected chi connectivity index (χ4v) is 4.69. The van der Waals surface area contributed by atoms with Crippen molar-refractivity contribution >= 4 is 66.8 Å². The summed E-state index contributed by atoms with van der Waals surface area (Å²) in [5.74, 6) is -0.317. The number of ether oxygens (including phenoxy) is 2. The van der Waals surface area contributed by atoms with Crippen molar-refractivity contribution in [2.75, 3.05) is 7.11 Å². The van der Waals surface area contributed by atoms with Crippen molar-refractivity contribution < 1.29 is 23.9 Å². The standard InChI is InChI=1S/C25H17Br2NO5S/c1-32-21-11-16(7-10-20(21)33-24(30)17-3-2-4-19(27)13-17)12-22-23(29)28(25(31)34-22)14-15-5-8-18(26)9-6-15/h2-13H,14H2,1H3/b22-12-. The van der Waals surface area contributed by atoms with E-state index in [0.29, 0.717) is 21.8 Å². The van der Waals surface area contributed by atoms with Gasteiger partial charge in [0.15, 0.2) is 11.5 Å². The summed E-state index contributed by atoms with van der Waals surface area (Å²) in [4.78, 5) is 39.3. The topological polar surface area (TPSA) is 72.9 Å². The molecule has 4 rings (SSSR count). The molecule has 3 aromatic rings. The summed E-state index contributed by atoms with van der Waals surface area (Å²) in [6.45, 7) is 0.198. The van der Waals surface area contributed by atoms with Gasteiger partial charge in [-0.05, 0) is 71.4 Å². The lowest BCUT2D eigenvalue weighted by atomic mass is 10.1. The summed E-state index contributed by atoms with van der Waals surface area (Å²) >= 11 is 7.59. The number of carbonyl (C=O) groups excluding carboxylic acids is 3. The molecule has 172 valence electrons. The van der Waals surface area contributed by atoms with Gasteiger partial charge in [-0.25, -0.2) is 4.79 Å². The highest BCUT2D eigenvalue weighted by molar-refractivity contribution is 9.10. The Kier molecular flexibility index (Phi) is 7.55. The van der Waals surface area contributed by atoms with E-state index in [9.17, 15) is 14.4 Å². The minimum atomic E-state index is -0.526. The van der Waals surface area contributed by atoms with Gasteiger partial charge in [0.05, 0.1) is 24.1 Å². The molecule has 1 aliphatic heterocycles. The number of imide groups is 1. The summed E-state index contributed by atoms with van der Waals surface area (Å²) in [7, 11) is 1.46. The maximum absolute atomic E-state index is 12.8. The van der Waals surface area contributed by atoms with Crippen molar-refractivity contribution in [1.82, 2.24) is 4.90 Å². The Balaban J connectivity index is 1.51. The van der Waals surface area contributed by atoms with Crippen LogP contribution in [0.5, 0.6) is 11.5 Å². The van der Waals surface area contributed by atoms with Gasteiger partial charge in [0.25, 0.3) is 11.1 Å². The Labute approximate surface area is 217 Å². The van der Waals surface area contributed by atoms with Gasteiger partial charge in [0, 0.05) is 8.95 Å². The second-order valence-electron chi connectivity index (χ2n) is 7.20.